The Morgan fingerprint density at radius 3 is 2.31 bits per heavy atom. The zero-order chi connectivity index (χ0) is 19.1. The summed E-state index contributed by atoms with van der Waals surface area (Å²) >= 11 is 1.36. The van der Waals surface area contributed by atoms with E-state index in [1.54, 1.807) is 6.07 Å². The zero-order valence-electron chi connectivity index (χ0n) is 15.6. The van der Waals surface area contributed by atoms with Crippen LogP contribution >= 0.6 is 11.3 Å². The molecule has 1 heterocycles. The van der Waals surface area contributed by atoms with E-state index < -0.39 is 6.04 Å². The van der Waals surface area contributed by atoms with Crippen LogP contribution in [0.5, 0.6) is 5.75 Å². The van der Waals surface area contributed by atoms with Crippen molar-refractivity contribution in [2.24, 2.45) is 5.92 Å². The third kappa shape index (κ3) is 5.88. The second kappa shape index (κ2) is 9.38. The van der Waals surface area contributed by atoms with Crippen LogP contribution in [0.3, 0.4) is 0 Å². The maximum Gasteiger partial charge on any atom is 0.262 e. The first-order chi connectivity index (χ1) is 12.4. The van der Waals surface area contributed by atoms with Gasteiger partial charge in [-0.15, -0.1) is 11.3 Å². The van der Waals surface area contributed by atoms with Crippen molar-refractivity contribution in [3.8, 4) is 5.75 Å². The molecule has 6 heteroatoms. The van der Waals surface area contributed by atoms with Crippen molar-refractivity contribution in [2.75, 3.05) is 0 Å². The van der Waals surface area contributed by atoms with Crippen LogP contribution in [0.4, 0.5) is 0 Å². The van der Waals surface area contributed by atoms with E-state index in [2.05, 4.69) is 10.6 Å². The molecule has 2 N–H and O–H groups in total. The molecule has 140 valence electrons. The highest BCUT2D eigenvalue weighted by atomic mass is 32.1. The highest BCUT2D eigenvalue weighted by molar-refractivity contribution is 7.12. The molecule has 0 saturated carbocycles. The molecule has 0 aliphatic carbocycles. The topological polar surface area (TPSA) is 67.4 Å². The van der Waals surface area contributed by atoms with Gasteiger partial charge in [0, 0.05) is 6.54 Å². The molecule has 1 unspecified atom stereocenters. The van der Waals surface area contributed by atoms with Crippen molar-refractivity contribution in [3.63, 3.8) is 0 Å². The molecule has 0 saturated heterocycles. The number of amides is 2. The van der Waals surface area contributed by atoms with E-state index in [0.29, 0.717) is 11.4 Å². The smallest absolute Gasteiger partial charge is 0.262 e. The van der Waals surface area contributed by atoms with E-state index in [-0.39, 0.29) is 23.8 Å². The van der Waals surface area contributed by atoms with E-state index in [9.17, 15) is 9.59 Å². The third-order valence-electron chi connectivity index (χ3n) is 3.74. The first-order valence-electron chi connectivity index (χ1n) is 8.74. The fourth-order valence-corrected chi connectivity index (χ4v) is 3.04. The van der Waals surface area contributed by atoms with Crippen LogP contribution in [-0.2, 0) is 11.3 Å². The van der Waals surface area contributed by atoms with Crippen molar-refractivity contribution in [1.82, 2.24) is 10.6 Å². The Bertz CT molecular complexity index is 709. The first kappa shape index (κ1) is 20.0. The molecule has 0 aliphatic rings. The van der Waals surface area contributed by atoms with E-state index in [1.807, 2.05) is 63.4 Å². The summed E-state index contributed by atoms with van der Waals surface area (Å²) in [6.45, 7) is 8.18. The van der Waals surface area contributed by atoms with Gasteiger partial charge < -0.3 is 15.4 Å². The predicted octanol–water partition coefficient (Wildman–Crippen LogP) is 3.61. The van der Waals surface area contributed by atoms with Crippen LogP contribution in [0.2, 0.25) is 0 Å². The summed E-state index contributed by atoms with van der Waals surface area (Å²) in [5.41, 5.74) is 0.974. The van der Waals surface area contributed by atoms with Crippen LogP contribution in [0.1, 0.15) is 42.9 Å². The van der Waals surface area contributed by atoms with Crippen molar-refractivity contribution in [2.45, 2.75) is 46.4 Å². The van der Waals surface area contributed by atoms with E-state index in [4.69, 9.17) is 4.74 Å². The Kier molecular flexibility index (Phi) is 7.21. The average molecular weight is 375 g/mol. The fraction of sp³-hybridized carbons (Fsp3) is 0.400. The highest BCUT2D eigenvalue weighted by Gasteiger charge is 2.24. The minimum atomic E-state index is -0.576. The lowest BCUT2D eigenvalue weighted by molar-refractivity contribution is -0.124. The molecule has 0 bridgehead atoms. The molecule has 0 fully saturated rings. The molecule has 2 rings (SSSR count). The van der Waals surface area contributed by atoms with Crippen LogP contribution in [0, 0.1) is 5.92 Å². The number of ether oxygens (including phenoxy) is 1. The van der Waals surface area contributed by atoms with Crippen LogP contribution in [0.15, 0.2) is 41.8 Å². The lowest BCUT2D eigenvalue weighted by Gasteiger charge is -2.21. The van der Waals surface area contributed by atoms with Crippen molar-refractivity contribution < 1.29 is 14.3 Å². The largest absolute Gasteiger partial charge is 0.491 e. The molecule has 2 amide bonds. The standard InChI is InChI=1S/C20H26N2O3S/c1-13(2)18(22-19(23)17-6-5-11-26-17)20(24)21-12-15-7-9-16(10-8-15)25-14(3)4/h5-11,13-14,18H,12H2,1-4H3,(H,21,24)(H,22,23). The Morgan fingerprint density at radius 2 is 1.77 bits per heavy atom. The molecule has 2 aromatic rings. The minimum Gasteiger partial charge on any atom is -0.491 e. The van der Waals surface area contributed by atoms with Crippen LogP contribution < -0.4 is 15.4 Å². The summed E-state index contributed by atoms with van der Waals surface area (Å²) in [7, 11) is 0. The zero-order valence-corrected chi connectivity index (χ0v) is 16.4. The number of carbonyl (C=O) groups excluding carboxylic acids is 2. The number of hydrogen-bond acceptors (Lipinski definition) is 4. The second-order valence-corrected chi connectivity index (χ2v) is 7.65. The summed E-state index contributed by atoms with van der Waals surface area (Å²) in [6.07, 6.45) is 0.124. The molecule has 5 nitrogen and oxygen atoms in total. The lowest BCUT2D eigenvalue weighted by atomic mass is 10.0. The van der Waals surface area contributed by atoms with Gasteiger partial charge >= 0.3 is 0 Å². The quantitative estimate of drug-likeness (QED) is 0.742. The molecular formula is C20H26N2O3S. The Hall–Kier alpha value is -2.34. The van der Waals surface area contributed by atoms with Gasteiger partial charge in [-0.3, -0.25) is 9.59 Å². The molecule has 1 atom stereocenters. The van der Waals surface area contributed by atoms with Gasteiger partial charge in [-0.05, 0) is 48.9 Å². The number of benzene rings is 1. The van der Waals surface area contributed by atoms with Crippen molar-refractivity contribution >= 4 is 23.2 Å². The number of hydrogen-bond donors (Lipinski definition) is 2. The molecule has 0 radical (unpaired) electrons. The number of carbonyl (C=O) groups is 2. The molecule has 1 aromatic carbocycles. The summed E-state index contributed by atoms with van der Waals surface area (Å²) < 4.78 is 5.61. The monoisotopic (exact) mass is 374 g/mol. The molecular weight excluding hydrogens is 348 g/mol. The van der Waals surface area contributed by atoms with Gasteiger partial charge in [-0.1, -0.05) is 32.0 Å². The van der Waals surface area contributed by atoms with E-state index in [1.165, 1.54) is 11.3 Å². The number of nitrogens with one attached hydrogen (secondary N) is 2. The third-order valence-corrected chi connectivity index (χ3v) is 4.61. The predicted molar refractivity (Wildman–Crippen MR) is 104 cm³/mol. The van der Waals surface area contributed by atoms with Gasteiger partial charge in [0.1, 0.15) is 11.8 Å². The van der Waals surface area contributed by atoms with Gasteiger partial charge in [-0.25, -0.2) is 0 Å². The van der Waals surface area contributed by atoms with Gasteiger partial charge in [-0.2, -0.15) is 0 Å². The van der Waals surface area contributed by atoms with E-state index in [0.717, 1.165) is 11.3 Å². The lowest BCUT2D eigenvalue weighted by Crippen LogP contribution is -2.49. The minimum absolute atomic E-state index is 0.0132. The van der Waals surface area contributed by atoms with Gasteiger partial charge in [0.15, 0.2) is 0 Å². The second-order valence-electron chi connectivity index (χ2n) is 6.70. The molecule has 0 spiro atoms. The fourth-order valence-electron chi connectivity index (χ4n) is 2.41. The van der Waals surface area contributed by atoms with Crippen molar-refractivity contribution in [1.29, 1.82) is 0 Å². The normalized spacial score (nSPS) is 12.1. The van der Waals surface area contributed by atoms with Crippen LogP contribution in [0.25, 0.3) is 0 Å². The molecule has 0 aliphatic heterocycles. The Labute approximate surface area is 158 Å². The number of thiophene rings is 1. The maximum absolute atomic E-state index is 12.5. The summed E-state index contributed by atoms with van der Waals surface area (Å²) in [6, 6.07) is 10.6. The summed E-state index contributed by atoms with van der Waals surface area (Å²) in [4.78, 5) is 25.4. The number of rotatable bonds is 8. The van der Waals surface area contributed by atoms with Gasteiger partial charge in [0.05, 0.1) is 11.0 Å². The summed E-state index contributed by atoms with van der Waals surface area (Å²) in [5.74, 6) is 0.385. The van der Waals surface area contributed by atoms with Crippen molar-refractivity contribution in [3.05, 3.63) is 52.2 Å². The molecule has 26 heavy (non-hydrogen) atoms. The van der Waals surface area contributed by atoms with Crippen LogP contribution in [-0.4, -0.2) is 24.0 Å². The first-order valence-corrected chi connectivity index (χ1v) is 9.62. The molecule has 1 aromatic heterocycles. The maximum atomic E-state index is 12.5. The summed E-state index contributed by atoms with van der Waals surface area (Å²) in [5, 5.41) is 7.56. The van der Waals surface area contributed by atoms with E-state index >= 15 is 0 Å². The Morgan fingerprint density at radius 1 is 1.08 bits per heavy atom. The SMILES string of the molecule is CC(C)Oc1ccc(CNC(=O)C(NC(=O)c2cccs2)C(C)C)cc1. The van der Waals surface area contributed by atoms with Gasteiger partial charge in [0.25, 0.3) is 5.91 Å². The average Bonchev–Trinajstić information content (AvgIpc) is 3.12. The Balaban J connectivity index is 1.92. The van der Waals surface area contributed by atoms with Gasteiger partial charge in [0.2, 0.25) is 5.91 Å². The highest BCUT2D eigenvalue weighted by Crippen LogP contribution is 2.14.